The van der Waals surface area contributed by atoms with E-state index in [1.165, 1.54) is 0 Å². The second-order valence-electron chi connectivity index (χ2n) is 0. The normalized spacial score (nSPS) is 0. The first kappa shape index (κ1) is 30.6. The van der Waals surface area contributed by atoms with E-state index >= 15 is 0 Å². The second kappa shape index (κ2) is 17.5. The van der Waals surface area contributed by atoms with Gasteiger partial charge >= 0.3 is 84.4 Å². The van der Waals surface area contributed by atoms with E-state index in [4.69, 9.17) is 0 Å². The largest absolute Gasteiger partial charge is 4.00 e. The van der Waals surface area contributed by atoms with Crippen LogP contribution in [0.3, 0.4) is 0 Å². The van der Waals surface area contributed by atoms with Gasteiger partial charge in [-0.3, -0.25) is 0 Å². The second-order valence-corrected chi connectivity index (χ2v) is 0. The van der Waals surface area contributed by atoms with Gasteiger partial charge in [0.2, 0.25) is 0 Å². The van der Waals surface area contributed by atoms with Crippen LogP contribution in [0.5, 0.6) is 0 Å². The fourth-order valence-corrected chi connectivity index (χ4v) is 0. The third-order valence-electron chi connectivity index (χ3n) is 0. The van der Waals surface area contributed by atoms with E-state index in [2.05, 4.69) is 0 Å². The third-order valence-corrected chi connectivity index (χ3v) is 0. The van der Waals surface area contributed by atoms with Gasteiger partial charge in [0.25, 0.3) is 0 Å². The van der Waals surface area contributed by atoms with E-state index in [0.29, 0.717) is 0 Å². The zero-order chi connectivity index (χ0) is 0. The van der Waals surface area contributed by atoms with E-state index < -0.39 is 0 Å². The maximum Gasteiger partial charge on any atom is 4.00 e. The van der Waals surface area contributed by atoms with Crippen molar-refractivity contribution >= 4 is 0 Å². The Balaban J connectivity index is 0. The van der Waals surface area contributed by atoms with Crippen LogP contribution in [0.25, 0.3) is 0 Å². The molecule has 0 aromatic heterocycles. The van der Waals surface area contributed by atoms with Crippen molar-refractivity contribution in [3.63, 3.8) is 0 Å². The number of hydrogen-bond acceptors (Lipinski definition) is 1. The molecule has 0 atom stereocenters. The molecule has 0 heterocycles. The summed E-state index contributed by atoms with van der Waals surface area (Å²) in [5.74, 6) is 0. The van der Waals surface area contributed by atoms with Gasteiger partial charge < -0.3 is 11.0 Å². The summed E-state index contributed by atoms with van der Waals surface area (Å²) in [4.78, 5) is 0. The predicted molar refractivity (Wildman–Crippen MR) is 2.62 cm³/mol. The molecule has 0 radical (unpaired) electrons. The van der Waals surface area contributed by atoms with Crippen LogP contribution in [0.2, 0.25) is 0 Å². The molecule has 0 saturated heterocycles. The van der Waals surface area contributed by atoms with Gasteiger partial charge in [0, 0.05) is 0 Å². The average Bonchev–Trinajstić information content (AvgIpc) is 0. The van der Waals surface area contributed by atoms with Crippen LogP contribution in [0, 0.1) is 0 Å². The van der Waals surface area contributed by atoms with E-state index in [-0.39, 0.29) is 95.3 Å². The zero-order valence-electron chi connectivity index (χ0n) is 2.36. The summed E-state index contributed by atoms with van der Waals surface area (Å²) >= 11 is 0. The minimum absolute atomic E-state index is 0. The molecule has 0 aromatic carbocycles. The summed E-state index contributed by atoms with van der Waals surface area (Å²) in [6.45, 7) is 0. The van der Waals surface area contributed by atoms with Gasteiger partial charge in [0.1, 0.15) is 0 Å². The standard InChI is InChI=1S/H2O.O.Rb.Zr/h1H2;;;/q;-2;+1;+4/p-1. The van der Waals surface area contributed by atoms with Crippen LogP contribution >= 0.6 is 0 Å². The van der Waals surface area contributed by atoms with Gasteiger partial charge in [-0.1, -0.05) is 0 Å². The van der Waals surface area contributed by atoms with Gasteiger partial charge in [0.15, 0.2) is 0 Å². The predicted octanol–water partition coefficient (Wildman–Crippen LogP) is -3.29. The van der Waals surface area contributed by atoms with Crippen molar-refractivity contribution in [3.05, 3.63) is 0 Å². The molecule has 0 aliphatic carbocycles. The topological polar surface area (TPSA) is 58.5 Å². The molecule has 2 nitrogen and oxygen atoms in total. The molecule has 1 N–H and O–H groups in total. The summed E-state index contributed by atoms with van der Waals surface area (Å²) in [6.07, 6.45) is 0. The number of hydrogen-bond donors (Lipinski definition) is 0. The van der Waals surface area contributed by atoms with E-state index in [1.807, 2.05) is 0 Å². The molecule has 0 fully saturated rings. The van der Waals surface area contributed by atoms with Crippen molar-refractivity contribution in [1.29, 1.82) is 0 Å². The maximum absolute atomic E-state index is 0. The van der Waals surface area contributed by atoms with Crippen molar-refractivity contribution < 1.29 is 95.3 Å². The Labute approximate surface area is 92.9 Å². The third kappa shape index (κ3) is 8.82. The minimum Gasteiger partial charge on any atom is -2.00 e. The van der Waals surface area contributed by atoms with Crippen molar-refractivity contribution in [1.82, 2.24) is 0 Å². The van der Waals surface area contributed by atoms with Crippen LogP contribution in [0.4, 0.5) is 0 Å². The van der Waals surface area contributed by atoms with Gasteiger partial charge in [-0.05, 0) is 0 Å². The molecule has 0 unspecified atom stereocenters. The molecule has 0 aromatic rings. The molecule has 0 aliphatic rings. The van der Waals surface area contributed by atoms with Crippen molar-refractivity contribution in [2.45, 2.75) is 0 Å². The quantitative estimate of drug-likeness (QED) is 0.413. The van der Waals surface area contributed by atoms with Crippen molar-refractivity contribution in [2.24, 2.45) is 0 Å². The van der Waals surface area contributed by atoms with Gasteiger partial charge in [-0.25, -0.2) is 0 Å². The smallest absolute Gasteiger partial charge is 2.00 e. The van der Waals surface area contributed by atoms with Gasteiger partial charge in [-0.2, -0.15) is 0 Å². The first-order chi connectivity index (χ1) is 0. The van der Waals surface area contributed by atoms with E-state index in [9.17, 15) is 0 Å². The summed E-state index contributed by atoms with van der Waals surface area (Å²) in [7, 11) is 0. The molecular formula is HO2RbZr+2. The molecule has 4 heteroatoms. The Hall–Kier alpha value is 2.61. The van der Waals surface area contributed by atoms with Gasteiger partial charge in [0.05, 0.1) is 0 Å². The molecule has 16 valence electrons. The Kier molecular flexibility index (Phi) is 134. The summed E-state index contributed by atoms with van der Waals surface area (Å²) in [5, 5.41) is 0. The molecule has 0 bridgehead atoms. The Bertz CT molecular complexity index is 6.00. The monoisotopic (exact) mass is 208 g/mol. The molecule has 4 heavy (non-hydrogen) atoms. The molecule has 0 saturated carbocycles. The van der Waals surface area contributed by atoms with E-state index in [0.717, 1.165) is 0 Å². The molecular weight excluding hydrogens is 209 g/mol. The van der Waals surface area contributed by atoms with Crippen molar-refractivity contribution in [3.8, 4) is 0 Å². The minimum atomic E-state index is 0. The average molecular weight is 210 g/mol. The first-order valence-electron chi connectivity index (χ1n) is 0. The SMILES string of the molecule is [O-2].[OH-].[Rb+].[Zr+4]. The summed E-state index contributed by atoms with van der Waals surface area (Å²) in [6, 6.07) is 0. The van der Waals surface area contributed by atoms with Crippen LogP contribution in [-0.2, 0) is 31.7 Å². The molecule has 0 amide bonds. The van der Waals surface area contributed by atoms with Crippen LogP contribution < -0.4 is 58.2 Å². The van der Waals surface area contributed by atoms with E-state index in [1.54, 1.807) is 0 Å². The number of rotatable bonds is 0. The first-order valence-corrected chi connectivity index (χ1v) is 0. The molecule has 0 aliphatic heterocycles. The fourth-order valence-electron chi connectivity index (χ4n) is 0. The molecule has 0 rings (SSSR count). The van der Waals surface area contributed by atoms with Gasteiger partial charge in [-0.15, -0.1) is 0 Å². The van der Waals surface area contributed by atoms with Crippen molar-refractivity contribution in [2.75, 3.05) is 0 Å². The Morgan fingerprint density at radius 2 is 1.00 bits per heavy atom. The Morgan fingerprint density at radius 1 is 1.00 bits per heavy atom. The van der Waals surface area contributed by atoms with Crippen LogP contribution in [0.1, 0.15) is 0 Å². The molecule has 0 spiro atoms. The summed E-state index contributed by atoms with van der Waals surface area (Å²) < 4.78 is 0. The maximum atomic E-state index is 0. The van der Waals surface area contributed by atoms with Crippen LogP contribution in [0.15, 0.2) is 0 Å². The zero-order valence-corrected chi connectivity index (χ0v) is 9.73. The van der Waals surface area contributed by atoms with Crippen LogP contribution in [-0.4, -0.2) is 5.48 Å². The fraction of sp³-hybridized carbons (Fsp3) is 0. The summed E-state index contributed by atoms with van der Waals surface area (Å²) in [5.41, 5.74) is 0. The Morgan fingerprint density at radius 3 is 1.00 bits per heavy atom.